The summed E-state index contributed by atoms with van der Waals surface area (Å²) in [5, 5.41) is 0.951. The molecule has 102 valence electrons. The summed E-state index contributed by atoms with van der Waals surface area (Å²) in [6, 6.07) is 0.192. The summed E-state index contributed by atoms with van der Waals surface area (Å²) in [5.41, 5.74) is 6.36. The molecule has 2 N–H and O–H groups in total. The van der Waals surface area contributed by atoms with E-state index < -0.39 is 0 Å². The highest BCUT2D eigenvalue weighted by Crippen LogP contribution is 2.22. The zero-order valence-corrected chi connectivity index (χ0v) is 12.4. The van der Waals surface area contributed by atoms with Crippen molar-refractivity contribution >= 4 is 29.7 Å². The van der Waals surface area contributed by atoms with E-state index in [1.165, 1.54) is 6.42 Å². The Labute approximate surface area is 118 Å². The van der Waals surface area contributed by atoms with Gasteiger partial charge in [-0.25, -0.2) is 4.98 Å². The number of amides is 1. The SMILES string of the molecule is Cc1nc(C(=O)N2CCCCC2CN)c(C)s1.Cl. The number of halogens is 1. The number of hydrogen-bond acceptors (Lipinski definition) is 4. The van der Waals surface area contributed by atoms with Crippen LogP contribution in [0, 0.1) is 13.8 Å². The number of nitrogens with zero attached hydrogens (tertiary/aromatic N) is 2. The van der Waals surface area contributed by atoms with E-state index in [1.807, 2.05) is 18.7 Å². The fraction of sp³-hybridized carbons (Fsp3) is 0.667. The van der Waals surface area contributed by atoms with E-state index >= 15 is 0 Å². The molecule has 1 aliphatic rings. The lowest BCUT2D eigenvalue weighted by Crippen LogP contribution is -2.47. The number of rotatable bonds is 2. The van der Waals surface area contributed by atoms with Gasteiger partial charge in [0.05, 0.1) is 5.01 Å². The number of likely N-dealkylation sites (tertiary alicyclic amines) is 1. The number of piperidine rings is 1. The fourth-order valence-electron chi connectivity index (χ4n) is 2.38. The molecule has 6 heteroatoms. The molecule has 1 atom stereocenters. The molecule has 0 aliphatic carbocycles. The minimum Gasteiger partial charge on any atom is -0.333 e. The molecule has 1 saturated heterocycles. The Hall–Kier alpha value is -0.650. The third-order valence-electron chi connectivity index (χ3n) is 3.27. The van der Waals surface area contributed by atoms with E-state index in [2.05, 4.69) is 4.98 Å². The Morgan fingerprint density at radius 3 is 2.78 bits per heavy atom. The Morgan fingerprint density at radius 2 is 2.22 bits per heavy atom. The van der Waals surface area contributed by atoms with Crippen molar-refractivity contribution in [3.63, 3.8) is 0 Å². The van der Waals surface area contributed by atoms with Crippen molar-refractivity contribution in [3.05, 3.63) is 15.6 Å². The van der Waals surface area contributed by atoms with Crippen molar-refractivity contribution in [2.45, 2.75) is 39.2 Å². The van der Waals surface area contributed by atoms with Crippen LogP contribution in [-0.2, 0) is 0 Å². The summed E-state index contributed by atoms with van der Waals surface area (Å²) in [4.78, 5) is 19.7. The number of hydrogen-bond donors (Lipinski definition) is 1. The molecular weight excluding hydrogens is 270 g/mol. The maximum absolute atomic E-state index is 12.4. The van der Waals surface area contributed by atoms with Crippen LogP contribution in [0.2, 0.25) is 0 Å². The van der Waals surface area contributed by atoms with Gasteiger partial charge < -0.3 is 10.6 Å². The zero-order valence-electron chi connectivity index (χ0n) is 10.8. The fourth-order valence-corrected chi connectivity index (χ4v) is 3.19. The topological polar surface area (TPSA) is 59.2 Å². The van der Waals surface area contributed by atoms with Crippen LogP contribution in [0.3, 0.4) is 0 Å². The molecule has 1 fully saturated rings. The van der Waals surface area contributed by atoms with E-state index in [4.69, 9.17) is 5.73 Å². The van der Waals surface area contributed by atoms with Gasteiger partial charge in [-0.1, -0.05) is 0 Å². The van der Waals surface area contributed by atoms with E-state index in [0.717, 1.165) is 29.3 Å². The van der Waals surface area contributed by atoms with Crippen LogP contribution in [0.15, 0.2) is 0 Å². The van der Waals surface area contributed by atoms with Crippen LogP contribution in [0.4, 0.5) is 0 Å². The van der Waals surface area contributed by atoms with Crippen LogP contribution in [0.5, 0.6) is 0 Å². The molecule has 1 amide bonds. The average Bonchev–Trinajstić information content (AvgIpc) is 2.67. The van der Waals surface area contributed by atoms with Crippen LogP contribution >= 0.6 is 23.7 Å². The van der Waals surface area contributed by atoms with Crippen molar-refractivity contribution < 1.29 is 4.79 Å². The number of aromatic nitrogens is 1. The molecule has 0 aromatic carbocycles. The third kappa shape index (κ3) is 3.02. The van der Waals surface area contributed by atoms with Crippen molar-refractivity contribution in [2.75, 3.05) is 13.1 Å². The van der Waals surface area contributed by atoms with Gasteiger partial charge in [0.25, 0.3) is 5.91 Å². The number of carbonyl (C=O) groups excluding carboxylic acids is 1. The molecule has 1 aromatic heterocycles. The maximum Gasteiger partial charge on any atom is 0.273 e. The quantitative estimate of drug-likeness (QED) is 0.907. The molecule has 2 heterocycles. The predicted octanol–water partition coefficient (Wildman–Crippen LogP) is 2.14. The molecule has 1 aliphatic heterocycles. The maximum atomic E-state index is 12.4. The van der Waals surface area contributed by atoms with Crippen molar-refractivity contribution in [1.82, 2.24) is 9.88 Å². The lowest BCUT2D eigenvalue weighted by atomic mass is 10.0. The lowest BCUT2D eigenvalue weighted by Gasteiger charge is -2.34. The first kappa shape index (κ1) is 15.4. The van der Waals surface area contributed by atoms with Gasteiger partial charge in [-0.05, 0) is 33.1 Å². The van der Waals surface area contributed by atoms with Gasteiger partial charge in [0.1, 0.15) is 5.69 Å². The summed E-state index contributed by atoms with van der Waals surface area (Å²) in [7, 11) is 0. The predicted molar refractivity (Wildman–Crippen MR) is 76.6 cm³/mol. The first-order valence-corrected chi connectivity index (χ1v) is 6.90. The smallest absolute Gasteiger partial charge is 0.273 e. The van der Waals surface area contributed by atoms with Crippen LogP contribution in [-0.4, -0.2) is 34.9 Å². The summed E-state index contributed by atoms with van der Waals surface area (Å²) < 4.78 is 0. The van der Waals surface area contributed by atoms with E-state index in [9.17, 15) is 4.79 Å². The molecule has 0 radical (unpaired) electrons. The zero-order chi connectivity index (χ0) is 12.4. The summed E-state index contributed by atoms with van der Waals surface area (Å²) in [5.74, 6) is 0.0574. The van der Waals surface area contributed by atoms with Gasteiger partial charge in [0.15, 0.2) is 0 Å². The van der Waals surface area contributed by atoms with Crippen LogP contribution in [0.25, 0.3) is 0 Å². The largest absolute Gasteiger partial charge is 0.333 e. The second kappa shape index (κ2) is 6.50. The van der Waals surface area contributed by atoms with Gasteiger partial charge in [0, 0.05) is 24.0 Å². The molecule has 1 unspecified atom stereocenters. The molecule has 4 nitrogen and oxygen atoms in total. The standard InChI is InChI=1S/C12H19N3OS.ClH/c1-8-11(14-9(2)17-8)12(16)15-6-4-3-5-10(15)7-13;/h10H,3-7,13H2,1-2H3;1H. The van der Waals surface area contributed by atoms with Gasteiger partial charge in [-0.15, -0.1) is 23.7 Å². The number of aryl methyl sites for hydroxylation is 2. The second-order valence-electron chi connectivity index (χ2n) is 4.52. The number of carbonyl (C=O) groups is 1. The monoisotopic (exact) mass is 289 g/mol. The average molecular weight is 290 g/mol. The van der Waals surface area contributed by atoms with Gasteiger partial charge in [0.2, 0.25) is 0 Å². The Bertz CT molecular complexity index is 421. The van der Waals surface area contributed by atoms with Crippen molar-refractivity contribution in [3.8, 4) is 0 Å². The molecule has 18 heavy (non-hydrogen) atoms. The highest BCUT2D eigenvalue weighted by atomic mass is 35.5. The van der Waals surface area contributed by atoms with Crippen molar-refractivity contribution in [1.29, 1.82) is 0 Å². The molecule has 1 aromatic rings. The van der Waals surface area contributed by atoms with Gasteiger partial charge >= 0.3 is 0 Å². The highest BCUT2D eigenvalue weighted by Gasteiger charge is 2.28. The first-order valence-electron chi connectivity index (χ1n) is 6.08. The highest BCUT2D eigenvalue weighted by molar-refractivity contribution is 7.11. The molecule has 2 rings (SSSR count). The second-order valence-corrected chi connectivity index (χ2v) is 5.93. The van der Waals surface area contributed by atoms with E-state index in [1.54, 1.807) is 11.3 Å². The minimum atomic E-state index is 0. The first-order chi connectivity index (χ1) is 8.13. The minimum absolute atomic E-state index is 0. The van der Waals surface area contributed by atoms with Crippen molar-refractivity contribution in [2.24, 2.45) is 5.73 Å². The third-order valence-corrected chi connectivity index (χ3v) is 4.15. The molecule has 0 bridgehead atoms. The summed E-state index contributed by atoms with van der Waals surface area (Å²) in [6.45, 7) is 5.26. The van der Waals surface area contributed by atoms with E-state index in [-0.39, 0.29) is 24.4 Å². The molecule has 0 spiro atoms. The number of thiazole rings is 1. The molecule has 0 saturated carbocycles. The Morgan fingerprint density at radius 1 is 1.50 bits per heavy atom. The number of nitrogens with two attached hydrogens (primary N) is 1. The Kier molecular flexibility index (Phi) is 5.56. The molecular formula is C12H20ClN3OS. The van der Waals surface area contributed by atoms with Crippen LogP contribution < -0.4 is 5.73 Å². The van der Waals surface area contributed by atoms with Crippen LogP contribution in [0.1, 0.15) is 39.6 Å². The van der Waals surface area contributed by atoms with Gasteiger partial charge in [-0.3, -0.25) is 4.79 Å². The van der Waals surface area contributed by atoms with E-state index in [0.29, 0.717) is 12.2 Å². The summed E-state index contributed by atoms with van der Waals surface area (Å²) >= 11 is 1.58. The van der Waals surface area contributed by atoms with Gasteiger partial charge in [-0.2, -0.15) is 0 Å². The normalized spacial score (nSPS) is 19.5. The summed E-state index contributed by atoms with van der Waals surface area (Å²) in [6.07, 6.45) is 3.26. The Balaban J connectivity index is 0.00000162. The lowest BCUT2D eigenvalue weighted by molar-refractivity contribution is 0.0617.